The lowest BCUT2D eigenvalue weighted by molar-refractivity contribution is -0.145. The third-order valence-corrected chi connectivity index (χ3v) is 9.53. The Labute approximate surface area is 241 Å². The van der Waals surface area contributed by atoms with Crippen LogP contribution in [0.3, 0.4) is 0 Å². The number of nitrogens with zero attached hydrogens (tertiary/aromatic N) is 1. The van der Waals surface area contributed by atoms with Gasteiger partial charge in [0.05, 0.1) is 11.0 Å². The molecule has 3 N–H and O–H groups in total. The number of nitrogens with two attached hydrogens (primary N) is 1. The molecule has 214 valence electrons. The summed E-state index contributed by atoms with van der Waals surface area (Å²) in [6, 6.07) is 12.2. The van der Waals surface area contributed by atoms with Crippen LogP contribution in [-0.4, -0.2) is 50.5 Å². The largest absolute Gasteiger partial charge is 0.490 e. The van der Waals surface area contributed by atoms with E-state index in [1.807, 2.05) is 6.07 Å². The molecule has 2 aliphatic rings. The Balaban J connectivity index is 1.44. The number of sulfonamides is 1. The Morgan fingerprint density at radius 3 is 2.38 bits per heavy atom. The van der Waals surface area contributed by atoms with Gasteiger partial charge in [-0.05, 0) is 85.7 Å². The summed E-state index contributed by atoms with van der Waals surface area (Å²) in [4.78, 5) is 14.5. The molecule has 0 unspecified atom stereocenters. The zero-order chi connectivity index (χ0) is 28.5. The number of fused-ring (bicyclic) bond motifs is 1. The van der Waals surface area contributed by atoms with Crippen LogP contribution in [-0.2, 0) is 20.7 Å². The first-order chi connectivity index (χ1) is 19.0. The molecule has 1 amide bonds. The lowest BCUT2D eigenvalue weighted by Gasteiger charge is -2.36. The number of hydrogen-bond acceptors (Lipinski definition) is 5. The maximum absolute atomic E-state index is 15.9. The summed E-state index contributed by atoms with van der Waals surface area (Å²) in [5.74, 6) is -4.15. The first-order valence-corrected chi connectivity index (χ1v) is 15.7. The maximum Gasteiger partial charge on any atom is 0.298 e. The van der Waals surface area contributed by atoms with E-state index in [0.717, 1.165) is 31.1 Å². The van der Waals surface area contributed by atoms with Crippen molar-refractivity contribution in [3.05, 3.63) is 70.7 Å². The number of carbonyl (C=O) groups is 1. The molecule has 1 saturated heterocycles. The number of likely N-dealkylation sites (tertiary alicyclic amines) is 1. The molecule has 40 heavy (non-hydrogen) atoms. The van der Waals surface area contributed by atoms with Crippen LogP contribution in [0, 0.1) is 0 Å². The molecule has 0 spiro atoms. The molecule has 5 rings (SSSR count). The van der Waals surface area contributed by atoms with Crippen molar-refractivity contribution in [2.24, 2.45) is 5.73 Å². The molecule has 1 aliphatic heterocycles. The normalized spacial score (nSPS) is 19.6. The molecule has 0 bridgehead atoms. The predicted molar refractivity (Wildman–Crippen MR) is 153 cm³/mol. The molecule has 1 heterocycles. The predicted octanol–water partition coefficient (Wildman–Crippen LogP) is 5.31. The molecule has 3 aromatic carbocycles. The van der Waals surface area contributed by atoms with Crippen molar-refractivity contribution in [3.8, 4) is 5.75 Å². The summed E-state index contributed by atoms with van der Waals surface area (Å²) < 4.78 is 67.5. The Hall–Kier alpha value is -2.60. The third-order valence-electron chi connectivity index (χ3n) is 7.58. The fourth-order valence-corrected chi connectivity index (χ4v) is 6.86. The number of halogens is 3. The second-order valence-electron chi connectivity index (χ2n) is 10.6. The average Bonchev–Trinajstić information content (AvgIpc) is 3.44. The van der Waals surface area contributed by atoms with Crippen LogP contribution in [0.15, 0.2) is 70.0 Å². The first-order valence-electron chi connectivity index (χ1n) is 13.4. The van der Waals surface area contributed by atoms with E-state index in [4.69, 9.17) is 10.5 Å². The smallest absolute Gasteiger partial charge is 0.298 e. The molecular weight excluding hydrogens is 604 g/mol. The van der Waals surface area contributed by atoms with E-state index in [9.17, 15) is 13.2 Å². The van der Waals surface area contributed by atoms with Gasteiger partial charge in [0.25, 0.3) is 5.92 Å². The highest BCUT2D eigenvalue weighted by molar-refractivity contribution is 9.10. The molecule has 3 aromatic rings. The Morgan fingerprint density at radius 2 is 1.68 bits per heavy atom. The molecule has 11 heteroatoms. The summed E-state index contributed by atoms with van der Waals surface area (Å²) in [6.45, 7) is 0.303. The molecule has 2 fully saturated rings. The summed E-state index contributed by atoms with van der Waals surface area (Å²) >= 11 is 3.22. The van der Waals surface area contributed by atoms with Gasteiger partial charge in [0.2, 0.25) is 15.9 Å². The zero-order valence-corrected chi connectivity index (χ0v) is 24.3. The minimum Gasteiger partial charge on any atom is -0.490 e. The van der Waals surface area contributed by atoms with Gasteiger partial charge < -0.3 is 15.4 Å². The quantitative estimate of drug-likeness (QED) is 0.349. The summed E-state index contributed by atoms with van der Waals surface area (Å²) in [7, 11) is -4.53. The maximum atomic E-state index is 15.9. The second-order valence-corrected chi connectivity index (χ2v) is 13.2. The lowest BCUT2D eigenvalue weighted by atomic mass is 9.99. The Bertz CT molecular complexity index is 1480. The minimum absolute atomic E-state index is 0.0781. The van der Waals surface area contributed by atoms with Gasteiger partial charge >= 0.3 is 0 Å². The van der Waals surface area contributed by atoms with Crippen LogP contribution in [0.2, 0.25) is 0 Å². The Kier molecular flexibility index (Phi) is 8.47. The van der Waals surface area contributed by atoms with Crippen LogP contribution in [0.4, 0.5) is 8.78 Å². The topological polar surface area (TPSA) is 102 Å². The van der Waals surface area contributed by atoms with E-state index in [2.05, 4.69) is 20.7 Å². The lowest BCUT2D eigenvalue weighted by Crippen LogP contribution is -2.58. The fraction of sp³-hybridized carbons (Fsp3) is 0.414. The third kappa shape index (κ3) is 6.32. The Morgan fingerprint density at radius 1 is 1.00 bits per heavy atom. The summed E-state index contributed by atoms with van der Waals surface area (Å²) in [5, 5.41) is 1.36. The summed E-state index contributed by atoms with van der Waals surface area (Å²) in [5.41, 5.74) is 5.51. The summed E-state index contributed by atoms with van der Waals surface area (Å²) in [6.07, 6.45) is 5.69. The van der Waals surface area contributed by atoms with Gasteiger partial charge in [-0.15, -0.1) is 0 Å². The zero-order valence-electron chi connectivity index (χ0n) is 21.9. The number of alkyl halides is 2. The molecule has 1 saturated carbocycles. The molecule has 0 radical (unpaired) electrons. The average molecular weight is 637 g/mol. The van der Waals surface area contributed by atoms with Gasteiger partial charge in [0.1, 0.15) is 5.75 Å². The number of piperidine rings is 1. The monoisotopic (exact) mass is 635 g/mol. The molecule has 2 atom stereocenters. The van der Waals surface area contributed by atoms with Crippen LogP contribution in [0.25, 0.3) is 10.8 Å². The van der Waals surface area contributed by atoms with Gasteiger partial charge in [-0.25, -0.2) is 8.42 Å². The second kappa shape index (κ2) is 11.7. The number of hydrogen-bond donors (Lipinski definition) is 2. The highest BCUT2D eigenvalue weighted by atomic mass is 79.9. The van der Waals surface area contributed by atoms with Crippen molar-refractivity contribution < 1.29 is 26.7 Å². The van der Waals surface area contributed by atoms with Crippen molar-refractivity contribution in [1.29, 1.82) is 0 Å². The molecule has 1 aliphatic carbocycles. The van der Waals surface area contributed by atoms with Crippen LogP contribution in [0.1, 0.15) is 44.1 Å². The van der Waals surface area contributed by atoms with E-state index in [1.54, 1.807) is 18.2 Å². The van der Waals surface area contributed by atoms with E-state index >= 15 is 8.78 Å². The van der Waals surface area contributed by atoms with Gasteiger partial charge in [0.15, 0.2) is 6.04 Å². The molecule has 7 nitrogen and oxygen atoms in total. The number of ether oxygens (including phenoxy) is 1. The van der Waals surface area contributed by atoms with E-state index in [1.165, 1.54) is 41.3 Å². The van der Waals surface area contributed by atoms with Crippen LogP contribution in [0.5, 0.6) is 5.75 Å². The number of carbonyl (C=O) groups excluding carboxylic acids is 1. The van der Waals surface area contributed by atoms with Gasteiger partial charge in [-0.3, -0.25) is 4.79 Å². The SMILES string of the molecule is N[C@@H]1CCCN(C(=O)[C@H](NS(=O)(=O)c2ccc3cc(OC4CCCC4)ccc3c2)C(F)(F)c2ccc(Br)cc2)C1. The van der Waals surface area contributed by atoms with Crippen molar-refractivity contribution in [2.45, 2.75) is 67.5 Å². The first kappa shape index (κ1) is 28.9. The van der Waals surface area contributed by atoms with Crippen LogP contribution < -0.4 is 15.2 Å². The van der Waals surface area contributed by atoms with Crippen LogP contribution >= 0.6 is 15.9 Å². The number of rotatable bonds is 8. The fourth-order valence-electron chi connectivity index (χ4n) is 5.38. The standard InChI is InChI=1S/C29H32BrF2N3O4S/c30-22-11-9-21(10-12-22)29(31,32)27(28(36)35-15-3-4-23(33)18-35)34-40(37,38)26-14-8-19-16-25(13-7-20(19)17-26)39-24-5-1-2-6-24/h7-14,16-17,23-24,27,34H,1-6,15,18,33H2/t23-,27+/m1/s1. The number of amides is 1. The molecular formula is C29H32BrF2N3O4S. The van der Waals surface area contributed by atoms with Gasteiger partial charge in [0, 0.05) is 29.2 Å². The minimum atomic E-state index is -4.53. The van der Waals surface area contributed by atoms with Crippen molar-refractivity contribution >= 4 is 42.6 Å². The van der Waals surface area contributed by atoms with Crippen molar-refractivity contribution in [3.63, 3.8) is 0 Å². The highest BCUT2D eigenvalue weighted by Gasteiger charge is 2.50. The molecule has 0 aromatic heterocycles. The van der Waals surface area contributed by atoms with E-state index < -0.39 is 33.5 Å². The van der Waals surface area contributed by atoms with Gasteiger partial charge in [-0.1, -0.05) is 40.2 Å². The van der Waals surface area contributed by atoms with Crippen molar-refractivity contribution in [2.75, 3.05) is 13.1 Å². The van der Waals surface area contributed by atoms with Gasteiger partial charge in [-0.2, -0.15) is 13.5 Å². The number of benzene rings is 3. The van der Waals surface area contributed by atoms with Crippen molar-refractivity contribution in [1.82, 2.24) is 9.62 Å². The number of nitrogens with one attached hydrogen (secondary N) is 1. The van der Waals surface area contributed by atoms with E-state index in [-0.39, 0.29) is 30.1 Å². The van der Waals surface area contributed by atoms with E-state index in [0.29, 0.717) is 28.5 Å². The highest BCUT2D eigenvalue weighted by Crippen LogP contribution is 2.35.